The maximum absolute atomic E-state index is 11.7. The fourth-order valence-electron chi connectivity index (χ4n) is 2.77. The molecule has 2 aromatic carbocycles. The van der Waals surface area contributed by atoms with Crippen molar-refractivity contribution in [2.45, 2.75) is 25.9 Å². The van der Waals surface area contributed by atoms with Gasteiger partial charge in [-0.1, -0.05) is 24.3 Å². The van der Waals surface area contributed by atoms with Gasteiger partial charge >= 0.3 is 5.97 Å². The number of hydrogen-bond donors (Lipinski definition) is 5. The van der Waals surface area contributed by atoms with E-state index in [0.717, 1.165) is 29.0 Å². The van der Waals surface area contributed by atoms with Crippen molar-refractivity contribution in [2.24, 2.45) is 5.73 Å². The van der Waals surface area contributed by atoms with Crippen molar-refractivity contribution in [2.75, 3.05) is 14.2 Å². The van der Waals surface area contributed by atoms with E-state index in [2.05, 4.69) is 35.7 Å². The molecule has 2 heterocycles. The third kappa shape index (κ3) is 9.41. The third-order valence-electron chi connectivity index (χ3n) is 4.85. The van der Waals surface area contributed by atoms with Crippen LogP contribution in [0.3, 0.4) is 0 Å². The van der Waals surface area contributed by atoms with Gasteiger partial charge in [-0.25, -0.2) is 14.8 Å². The van der Waals surface area contributed by atoms with Gasteiger partial charge in [-0.15, -0.1) is 0 Å². The number of rotatable bonds is 7. The molecule has 0 aliphatic carbocycles. The largest absolute Gasteiger partial charge is 0.497 e. The summed E-state index contributed by atoms with van der Waals surface area (Å²) in [4.78, 5) is 28.8. The molecule has 0 fully saturated rings. The molecule has 0 saturated carbocycles. The number of carboxylic acids is 1. The van der Waals surface area contributed by atoms with Crippen molar-refractivity contribution in [1.82, 2.24) is 35.7 Å². The number of aromatic amines is 2. The minimum Gasteiger partial charge on any atom is -0.497 e. The zero-order valence-corrected chi connectivity index (χ0v) is 20.9. The van der Waals surface area contributed by atoms with Crippen LogP contribution in [-0.4, -0.2) is 61.6 Å². The van der Waals surface area contributed by atoms with Gasteiger partial charge in [0.1, 0.15) is 24.2 Å². The molecule has 0 bridgehead atoms. The number of ether oxygens (including phenoxy) is 2. The summed E-state index contributed by atoms with van der Waals surface area (Å²) in [5.41, 5.74) is 7.78. The summed E-state index contributed by atoms with van der Waals surface area (Å²) >= 11 is 0. The second kappa shape index (κ2) is 14.6. The van der Waals surface area contributed by atoms with Gasteiger partial charge in [0.15, 0.2) is 0 Å². The van der Waals surface area contributed by atoms with Gasteiger partial charge in [-0.2, -0.15) is 10.2 Å². The third-order valence-corrected chi connectivity index (χ3v) is 4.85. The Morgan fingerprint density at radius 2 is 1.30 bits per heavy atom. The Kier molecular flexibility index (Phi) is 11.2. The zero-order chi connectivity index (χ0) is 27.2. The van der Waals surface area contributed by atoms with E-state index in [1.54, 1.807) is 14.2 Å². The highest BCUT2D eigenvalue weighted by Crippen LogP contribution is 2.17. The number of aromatic nitrogens is 6. The molecule has 13 heteroatoms. The van der Waals surface area contributed by atoms with Gasteiger partial charge in [0.2, 0.25) is 11.6 Å². The quantitative estimate of drug-likeness (QED) is 0.246. The summed E-state index contributed by atoms with van der Waals surface area (Å²) in [6.07, 6.45) is 2.44. The zero-order valence-electron chi connectivity index (χ0n) is 20.9. The fourth-order valence-corrected chi connectivity index (χ4v) is 2.77. The number of aromatic carboxylic acids is 1. The fraction of sp³-hybridized carbons (Fsp3) is 0.250. The van der Waals surface area contributed by atoms with Crippen LogP contribution in [0.4, 0.5) is 0 Å². The summed E-state index contributed by atoms with van der Waals surface area (Å²) in [6, 6.07) is 15.3. The predicted molar refractivity (Wildman–Crippen MR) is 134 cm³/mol. The average Bonchev–Trinajstić information content (AvgIpc) is 3.65. The van der Waals surface area contributed by atoms with Crippen LogP contribution in [0.5, 0.6) is 11.5 Å². The highest BCUT2D eigenvalue weighted by molar-refractivity contribution is 5.90. The molecule has 0 spiro atoms. The number of benzene rings is 2. The van der Waals surface area contributed by atoms with E-state index in [-0.39, 0.29) is 29.6 Å². The molecule has 0 unspecified atom stereocenters. The van der Waals surface area contributed by atoms with Crippen LogP contribution in [0.25, 0.3) is 0 Å². The second-order valence-corrected chi connectivity index (χ2v) is 7.50. The van der Waals surface area contributed by atoms with Gasteiger partial charge in [-0.05, 0) is 49.2 Å². The SMILES string of the molecule is COc1ccc([C@@H](C)N)cc1.COc1ccc([C@@H](C)NC(=O)c2ncn[nH]2)cc1.O=C(O)c1ncn[nH]1. The van der Waals surface area contributed by atoms with Crippen LogP contribution < -0.4 is 20.5 Å². The smallest absolute Gasteiger partial charge is 0.373 e. The Bertz CT molecular complexity index is 1200. The Balaban J connectivity index is 0.000000215. The van der Waals surface area contributed by atoms with Crippen LogP contribution in [0.15, 0.2) is 61.2 Å². The lowest BCUT2D eigenvalue weighted by molar-refractivity contribution is 0.0683. The van der Waals surface area contributed by atoms with Gasteiger partial charge < -0.3 is 25.6 Å². The molecular weight excluding hydrogens is 480 g/mol. The summed E-state index contributed by atoms with van der Waals surface area (Å²) in [5, 5.41) is 22.6. The van der Waals surface area contributed by atoms with E-state index in [9.17, 15) is 9.59 Å². The highest BCUT2D eigenvalue weighted by atomic mass is 16.5. The van der Waals surface area contributed by atoms with Crippen molar-refractivity contribution in [1.29, 1.82) is 0 Å². The first-order valence-electron chi connectivity index (χ1n) is 11.0. The molecular formula is C24H30N8O5. The number of amides is 1. The van der Waals surface area contributed by atoms with E-state index in [0.29, 0.717) is 0 Å². The molecule has 6 N–H and O–H groups in total. The van der Waals surface area contributed by atoms with Crippen LogP contribution >= 0.6 is 0 Å². The number of H-pyrrole nitrogens is 2. The van der Waals surface area contributed by atoms with Gasteiger partial charge in [0.25, 0.3) is 5.91 Å². The van der Waals surface area contributed by atoms with Crippen molar-refractivity contribution in [3.63, 3.8) is 0 Å². The Labute approximate surface area is 213 Å². The number of hydrogen-bond acceptors (Lipinski definition) is 9. The lowest BCUT2D eigenvalue weighted by atomic mass is 10.1. The summed E-state index contributed by atoms with van der Waals surface area (Å²) < 4.78 is 10.1. The standard InChI is InChI=1S/C12H14N4O2.C9H13NO.C3H3N3O2/c1-8(9-3-5-10(18-2)6-4-9)15-12(17)11-13-7-14-16-11;1-7(10)8-3-5-9(11-2)6-4-8;7-3(8)2-4-1-5-6-2/h3-8H,1-2H3,(H,15,17)(H,13,14,16);3-7H,10H2,1-2H3;1H,(H,7,8)(H,4,5,6)/t8-;7-;/m11./s1. The number of nitrogens with one attached hydrogen (secondary N) is 3. The molecule has 0 aliphatic rings. The molecule has 4 rings (SSSR count). The van der Waals surface area contributed by atoms with E-state index >= 15 is 0 Å². The average molecular weight is 511 g/mol. The predicted octanol–water partition coefficient (Wildman–Crippen LogP) is 2.52. The number of carbonyl (C=O) groups is 2. The van der Waals surface area contributed by atoms with E-state index in [1.807, 2.05) is 62.4 Å². The van der Waals surface area contributed by atoms with Gasteiger partial charge in [0.05, 0.1) is 20.3 Å². The number of nitrogens with two attached hydrogens (primary N) is 1. The summed E-state index contributed by atoms with van der Waals surface area (Å²) in [6.45, 7) is 3.86. The molecule has 1 amide bonds. The second-order valence-electron chi connectivity index (χ2n) is 7.50. The van der Waals surface area contributed by atoms with Crippen LogP contribution in [-0.2, 0) is 0 Å². The van der Waals surface area contributed by atoms with Crippen molar-refractivity contribution in [3.8, 4) is 11.5 Å². The summed E-state index contributed by atoms with van der Waals surface area (Å²) in [5.74, 6) is 0.348. The molecule has 37 heavy (non-hydrogen) atoms. The van der Waals surface area contributed by atoms with E-state index in [4.69, 9.17) is 20.3 Å². The molecule has 2 atom stereocenters. The maximum Gasteiger partial charge on any atom is 0.373 e. The molecule has 0 aliphatic heterocycles. The number of carboxylic acid groups (broad SMARTS) is 1. The molecule has 0 radical (unpaired) electrons. The van der Waals surface area contributed by atoms with E-state index in [1.165, 1.54) is 6.33 Å². The maximum atomic E-state index is 11.7. The highest BCUT2D eigenvalue weighted by Gasteiger charge is 2.13. The van der Waals surface area contributed by atoms with Crippen molar-refractivity contribution >= 4 is 11.9 Å². The number of methoxy groups -OCH3 is 2. The number of carbonyl (C=O) groups excluding carboxylic acids is 1. The van der Waals surface area contributed by atoms with Crippen molar-refractivity contribution in [3.05, 3.63) is 84.0 Å². The topological polar surface area (TPSA) is 194 Å². The Morgan fingerprint density at radius 3 is 1.65 bits per heavy atom. The molecule has 2 aromatic heterocycles. The van der Waals surface area contributed by atoms with E-state index < -0.39 is 5.97 Å². The first-order valence-corrected chi connectivity index (χ1v) is 11.0. The lowest BCUT2D eigenvalue weighted by Crippen LogP contribution is -2.27. The van der Waals surface area contributed by atoms with Crippen molar-refractivity contribution < 1.29 is 24.2 Å². The molecule has 0 saturated heterocycles. The van der Waals surface area contributed by atoms with Crippen LogP contribution in [0.1, 0.15) is 58.3 Å². The lowest BCUT2D eigenvalue weighted by Gasteiger charge is -2.13. The van der Waals surface area contributed by atoms with Gasteiger partial charge in [0, 0.05) is 6.04 Å². The van der Waals surface area contributed by atoms with Crippen LogP contribution in [0, 0.1) is 0 Å². The minimum absolute atomic E-state index is 0.0981. The van der Waals surface area contributed by atoms with Gasteiger partial charge in [-0.3, -0.25) is 15.0 Å². The molecule has 196 valence electrons. The number of nitrogens with zero attached hydrogens (tertiary/aromatic N) is 4. The summed E-state index contributed by atoms with van der Waals surface area (Å²) in [7, 11) is 3.27. The first kappa shape index (κ1) is 28.5. The normalized spacial score (nSPS) is 11.5. The Hall–Kier alpha value is -4.78. The van der Waals surface area contributed by atoms with Crippen LogP contribution in [0.2, 0.25) is 0 Å². The molecule has 13 nitrogen and oxygen atoms in total. The monoisotopic (exact) mass is 510 g/mol. The first-order chi connectivity index (χ1) is 17.7. The molecule has 4 aromatic rings. The Morgan fingerprint density at radius 1 is 0.838 bits per heavy atom. The minimum atomic E-state index is -1.09.